The number of hydrogen-bond acceptors (Lipinski definition) is 6. The number of hydrogen-bond donors (Lipinski definition) is 2. The van der Waals surface area contributed by atoms with Crippen LogP contribution in [0.25, 0.3) is 0 Å². The van der Waals surface area contributed by atoms with Crippen molar-refractivity contribution in [3.05, 3.63) is 58.6 Å². The Labute approximate surface area is 172 Å². The number of para-hydroxylation sites is 3. The molecule has 0 saturated heterocycles. The molecule has 1 aliphatic rings. The highest BCUT2D eigenvalue weighted by Gasteiger charge is 2.22. The Bertz CT molecular complexity index is 906. The van der Waals surface area contributed by atoms with Gasteiger partial charge in [-0.05, 0) is 18.2 Å². The highest BCUT2D eigenvalue weighted by atomic mass is 32.2. The monoisotopic (exact) mass is 414 g/mol. The van der Waals surface area contributed by atoms with E-state index in [1.165, 1.54) is 6.07 Å². The lowest BCUT2D eigenvalue weighted by atomic mass is 10.2. The minimum absolute atomic E-state index is 0.00982. The average Bonchev–Trinajstić information content (AvgIpc) is 2.74. The molecule has 0 radical (unpaired) electrons. The van der Waals surface area contributed by atoms with Gasteiger partial charge in [0.25, 0.3) is 5.69 Å². The predicted octanol–water partition coefficient (Wildman–Crippen LogP) is 3.04. The Morgan fingerprint density at radius 1 is 1.07 bits per heavy atom. The molecule has 3 rings (SSSR count). The summed E-state index contributed by atoms with van der Waals surface area (Å²) in [6.45, 7) is 1.30. The molecule has 0 atom stereocenters. The molecule has 2 N–H and O–H groups in total. The lowest BCUT2D eigenvalue weighted by molar-refractivity contribution is -0.384. The van der Waals surface area contributed by atoms with Crippen molar-refractivity contribution >= 4 is 40.6 Å². The van der Waals surface area contributed by atoms with E-state index in [2.05, 4.69) is 10.6 Å². The molecule has 0 bridgehead atoms. The molecule has 152 valence electrons. The summed E-state index contributed by atoms with van der Waals surface area (Å²) in [4.78, 5) is 37.9. The van der Waals surface area contributed by atoms with Crippen molar-refractivity contribution in [1.29, 1.82) is 0 Å². The van der Waals surface area contributed by atoms with E-state index in [-0.39, 0.29) is 30.3 Å². The van der Waals surface area contributed by atoms with E-state index in [1.54, 1.807) is 34.9 Å². The summed E-state index contributed by atoms with van der Waals surface area (Å²) in [6, 6.07) is 14.1. The summed E-state index contributed by atoms with van der Waals surface area (Å²) in [7, 11) is 0. The zero-order valence-corrected chi connectivity index (χ0v) is 16.6. The maximum atomic E-state index is 12.5. The minimum Gasteiger partial charge on any atom is -0.378 e. The van der Waals surface area contributed by atoms with Crippen LogP contribution in [0.15, 0.2) is 53.4 Å². The third kappa shape index (κ3) is 5.47. The number of thioether (sulfide) groups is 1. The summed E-state index contributed by atoms with van der Waals surface area (Å²) < 4.78 is 0. The van der Waals surface area contributed by atoms with Crippen LogP contribution < -0.4 is 15.5 Å². The number of nitro benzene ring substituents is 1. The van der Waals surface area contributed by atoms with Crippen LogP contribution in [-0.4, -0.2) is 42.1 Å². The van der Waals surface area contributed by atoms with Crippen LogP contribution in [-0.2, 0) is 9.59 Å². The van der Waals surface area contributed by atoms with E-state index in [9.17, 15) is 19.7 Å². The number of anilines is 2. The van der Waals surface area contributed by atoms with Crippen LogP contribution >= 0.6 is 11.8 Å². The second-order valence-electron chi connectivity index (χ2n) is 6.41. The first kappa shape index (κ1) is 20.7. The quantitative estimate of drug-likeness (QED) is 0.391. The van der Waals surface area contributed by atoms with Gasteiger partial charge in [-0.15, -0.1) is 11.8 Å². The molecule has 0 fully saturated rings. The number of amides is 2. The molecule has 1 aliphatic heterocycles. The van der Waals surface area contributed by atoms with Gasteiger partial charge in [0.1, 0.15) is 5.69 Å². The SMILES string of the molecule is O=C(CCC(=O)N1CCSc2ccccc21)NCCNc1ccccc1[N+](=O)[O-]. The van der Waals surface area contributed by atoms with E-state index < -0.39 is 4.92 Å². The van der Waals surface area contributed by atoms with Gasteiger partial charge < -0.3 is 15.5 Å². The van der Waals surface area contributed by atoms with Gasteiger partial charge >= 0.3 is 0 Å². The molecular weight excluding hydrogens is 392 g/mol. The lowest BCUT2D eigenvalue weighted by Gasteiger charge is -2.29. The number of carbonyl (C=O) groups is 2. The molecule has 0 saturated carbocycles. The fraction of sp³-hybridized carbons (Fsp3) is 0.300. The van der Waals surface area contributed by atoms with Crippen molar-refractivity contribution in [1.82, 2.24) is 5.32 Å². The van der Waals surface area contributed by atoms with Gasteiger partial charge in [-0.25, -0.2) is 0 Å². The maximum absolute atomic E-state index is 12.5. The molecule has 0 unspecified atom stereocenters. The fourth-order valence-corrected chi connectivity index (χ4v) is 4.05. The topological polar surface area (TPSA) is 105 Å². The highest BCUT2D eigenvalue weighted by molar-refractivity contribution is 7.99. The Hall–Kier alpha value is -3.07. The van der Waals surface area contributed by atoms with Crippen LogP contribution in [0.4, 0.5) is 17.1 Å². The normalized spacial score (nSPS) is 12.8. The molecule has 2 aromatic carbocycles. The summed E-state index contributed by atoms with van der Waals surface area (Å²) in [6.07, 6.45) is 0.249. The third-order valence-electron chi connectivity index (χ3n) is 4.46. The third-order valence-corrected chi connectivity index (χ3v) is 5.50. The number of nitro groups is 1. The standard InChI is InChI=1S/C20H22N4O4S/c25-19(22-12-11-21-15-5-1-2-6-16(15)24(27)28)9-10-20(26)23-13-14-29-18-8-4-3-7-17(18)23/h1-8,21H,9-14H2,(H,22,25). The van der Waals surface area contributed by atoms with Crippen LogP contribution in [0.1, 0.15) is 12.8 Å². The number of carbonyl (C=O) groups excluding carboxylic acids is 2. The van der Waals surface area contributed by atoms with Gasteiger partial charge in [0.15, 0.2) is 0 Å². The molecule has 2 aromatic rings. The summed E-state index contributed by atoms with van der Waals surface area (Å²) >= 11 is 1.73. The van der Waals surface area contributed by atoms with Crippen LogP contribution in [0.2, 0.25) is 0 Å². The predicted molar refractivity (Wildman–Crippen MR) is 113 cm³/mol. The van der Waals surface area contributed by atoms with Gasteiger partial charge in [-0.3, -0.25) is 19.7 Å². The van der Waals surface area contributed by atoms with E-state index in [0.29, 0.717) is 25.3 Å². The summed E-state index contributed by atoms with van der Waals surface area (Å²) in [5, 5.41) is 16.7. The van der Waals surface area contributed by atoms with Gasteiger partial charge in [-0.2, -0.15) is 0 Å². The second-order valence-corrected chi connectivity index (χ2v) is 7.55. The van der Waals surface area contributed by atoms with Gasteiger partial charge in [0.2, 0.25) is 11.8 Å². The molecule has 8 nitrogen and oxygen atoms in total. The number of benzene rings is 2. The van der Waals surface area contributed by atoms with Gasteiger partial charge in [-0.1, -0.05) is 24.3 Å². The number of rotatable bonds is 8. The Balaban J connectivity index is 1.41. The van der Waals surface area contributed by atoms with Crippen molar-refractivity contribution in [2.75, 3.05) is 35.6 Å². The number of nitrogens with zero attached hydrogens (tertiary/aromatic N) is 2. The van der Waals surface area contributed by atoms with Crippen LogP contribution in [0.5, 0.6) is 0 Å². The first-order valence-corrected chi connectivity index (χ1v) is 10.3. The fourth-order valence-electron chi connectivity index (χ4n) is 3.05. The van der Waals surface area contributed by atoms with Crippen molar-refractivity contribution in [3.63, 3.8) is 0 Å². The molecule has 2 amide bonds. The largest absolute Gasteiger partial charge is 0.378 e. The van der Waals surface area contributed by atoms with Crippen molar-refractivity contribution in [2.45, 2.75) is 17.7 Å². The van der Waals surface area contributed by atoms with Crippen molar-refractivity contribution in [2.24, 2.45) is 0 Å². The smallest absolute Gasteiger partial charge is 0.292 e. The summed E-state index contributed by atoms with van der Waals surface area (Å²) in [5.41, 5.74) is 1.30. The van der Waals surface area contributed by atoms with Crippen molar-refractivity contribution in [3.8, 4) is 0 Å². The van der Waals surface area contributed by atoms with Gasteiger partial charge in [0, 0.05) is 49.2 Å². The Morgan fingerprint density at radius 3 is 2.66 bits per heavy atom. The molecule has 9 heteroatoms. The molecule has 0 spiro atoms. The zero-order chi connectivity index (χ0) is 20.6. The van der Waals surface area contributed by atoms with E-state index in [4.69, 9.17) is 0 Å². The highest BCUT2D eigenvalue weighted by Crippen LogP contribution is 2.34. The van der Waals surface area contributed by atoms with Gasteiger partial charge in [0.05, 0.1) is 10.6 Å². The summed E-state index contributed by atoms with van der Waals surface area (Å²) in [5.74, 6) is 0.556. The molecule has 0 aliphatic carbocycles. The maximum Gasteiger partial charge on any atom is 0.292 e. The minimum atomic E-state index is -0.455. The Kier molecular flexibility index (Phi) is 7.07. The number of nitrogens with one attached hydrogen (secondary N) is 2. The molecule has 29 heavy (non-hydrogen) atoms. The first-order valence-electron chi connectivity index (χ1n) is 9.32. The second kappa shape index (κ2) is 9.92. The zero-order valence-electron chi connectivity index (χ0n) is 15.8. The van der Waals surface area contributed by atoms with Crippen molar-refractivity contribution < 1.29 is 14.5 Å². The molecular formula is C20H22N4O4S. The van der Waals surface area contributed by atoms with E-state index >= 15 is 0 Å². The number of fused-ring (bicyclic) bond motifs is 1. The van der Waals surface area contributed by atoms with Crippen LogP contribution in [0, 0.1) is 10.1 Å². The molecule has 1 heterocycles. The van der Waals surface area contributed by atoms with E-state index in [1.807, 2.05) is 24.3 Å². The lowest BCUT2D eigenvalue weighted by Crippen LogP contribution is -2.36. The van der Waals surface area contributed by atoms with E-state index in [0.717, 1.165) is 16.3 Å². The van der Waals surface area contributed by atoms with Crippen LogP contribution in [0.3, 0.4) is 0 Å². The Morgan fingerprint density at radius 2 is 1.83 bits per heavy atom. The molecule has 0 aromatic heterocycles. The first-order chi connectivity index (χ1) is 14.1. The average molecular weight is 414 g/mol.